The molecule has 2 aromatic rings. The van der Waals surface area contributed by atoms with Crippen molar-refractivity contribution in [1.82, 2.24) is 19.1 Å². The van der Waals surface area contributed by atoms with Gasteiger partial charge in [-0.3, -0.25) is 14.6 Å². The van der Waals surface area contributed by atoms with Crippen molar-refractivity contribution in [2.75, 3.05) is 57.3 Å². The average Bonchev–Trinajstić information content (AvgIpc) is 3.45. The summed E-state index contributed by atoms with van der Waals surface area (Å²) in [5.41, 5.74) is 0. The Balaban J connectivity index is 0.981. The maximum Gasteiger partial charge on any atom is 0.422 e. The zero-order chi connectivity index (χ0) is 25.6. The number of carbonyl (C=O) groups excluding carboxylic acids is 4. The topological polar surface area (TPSA) is 122 Å². The summed E-state index contributed by atoms with van der Waals surface area (Å²) in [6.45, 7) is 5.11. The van der Waals surface area contributed by atoms with Gasteiger partial charge in [0.15, 0.2) is 0 Å². The highest BCUT2D eigenvalue weighted by Crippen LogP contribution is 2.37. The molecule has 5 heterocycles. The Morgan fingerprint density at radius 1 is 0.946 bits per heavy atom. The van der Waals surface area contributed by atoms with Gasteiger partial charge in [-0.1, -0.05) is 12.1 Å². The van der Waals surface area contributed by atoms with E-state index >= 15 is 0 Å². The minimum Gasteiger partial charge on any atom is -0.388 e. The molecular weight excluding hydrogens is 502 g/mol. The van der Waals surface area contributed by atoms with E-state index in [-0.39, 0.29) is 19.6 Å². The lowest BCUT2D eigenvalue weighted by molar-refractivity contribution is -0.358. The van der Waals surface area contributed by atoms with Crippen LogP contribution in [0.15, 0.2) is 24.3 Å². The van der Waals surface area contributed by atoms with Gasteiger partial charge in [0.1, 0.15) is 11.9 Å². The fourth-order valence-electron chi connectivity index (χ4n) is 5.40. The molecule has 4 saturated heterocycles. The number of amides is 3. The SMILES string of the molecule is O=C1OC2(OCCN3C(=O)N(CCCCN4CCN(c5nsc6ccccc56)CC4)C(=O)CC32)OC1=O. The summed E-state index contributed by atoms with van der Waals surface area (Å²) in [6.07, 6.45) is 1.38. The quantitative estimate of drug-likeness (QED) is 0.304. The molecule has 1 aromatic carbocycles. The van der Waals surface area contributed by atoms with E-state index in [9.17, 15) is 19.2 Å². The van der Waals surface area contributed by atoms with Crippen LogP contribution in [-0.2, 0) is 28.6 Å². The van der Waals surface area contributed by atoms with Crippen LogP contribution in [0.1, 0.15) is 19.3 Å². The number of imide groups is 1. The molecule has 1 unspecified atom stereocenters. The van der Waals surface area contributed by atoms with Crippen molar-refractivity contribution in [2.24, 2.45) is 0 Å². The first-order valence-electron chi connectivity index (χ1n) is 12.5. The van der Waals surface area contributed by atoms with Gasteiger partial charge in [-0.25, -0.2) is 14.4 Å². The highest BCUT2D eigenvalue weighted by molar-refractivity contribution is 7.13. The Labute approximate surface area is 216 Å². The molecule has 4 fully saturated rings. The third-order valence-corrected chi connectivity index (χ3v) is 8.16. The van der Waals surface area contributed by atoms with Crippen LogP contribution in [0.4, 0.5) is 10.6 Å². The molecule has 3 amide bonds. The number of urea groups is 1. The molecule has 1 atom stereocenters. The molecule has 196 valence electrons. The van der Waals surface area contributed by atoms with E-state index in [1.165, 1.54) is 31.4 Å². The molecule has 4 aliphatic heterocycles. The molecular formula is C24H27N5O7S. The van der Waals surface area contributed by atoms with Crippen LogP contribution < -0.4 is 4.90 Å². The molecule has 4 aliphatic rings. The van der Waals surface area contributed by atoms with Gasteiger partial charge < -0.3 is 24.0 Å². The van der Waals surface area contributed by atoms with Crippen LogP contribution in [0.5, 0.6) is 0 Å². The van der Waals surface area contributed by atoms with E-state index in [0.717, 1.165) is 45.0 Å². The molecule has 0 saturated carbocycles. The van der Waals surface area contributed by atoms with Crippen molar-refractivity contribution in [2.45, 2.75) is 31.3 Å². The fraction of sp³-hybridized carbons (Fsp3) is 0.542. The smallest absolute Gasteiger partial charge is 0.388 e. The van der Waals surface area contributed by atoms with E-state index < -0.39 is 35.9 Å². The fourth-order valence-corrected chi connectivity index (χ4v) is 6.19. The standard InChI is InChI=1S/C24H27N5O7S/c30-19-15-18-24(35-21(31)22(32)36-24)34-14-13-28(18)23(33)29(19)8-4-3-7-26-9-11-27(12-10-26)20-16-5-1-2-6-17(16)37-25-20/h1-2,5-6,18H,3-4,7-15H2. The number of unbranched alkanes of at least 4 members (excludes halogenated alkanes) is 1. The molecule has 0 aliphatic carbocycles. The Bertz CT molecular complexity index is 1230. The van der Waals surface area contributed by atoms with Crippen molar-refractivity contribution >= 4 is 51.3 Å². The number of nitrogens with zero attached hydrogens (tertiary/aromatic N) is 5. The number of anilines is 1. The van der Waals surface area contributed by atoms with Gasteiger partial charge in [0.05, 0.1) is 17.7 Å². The molecule has 6 rings (SSSR count). The number of ether oxygens (including phenoxy) is 3. The molecule has 1 spiro atoms. The highest BCUT2D eigenvalue weighted by atomic mass is 32.1. The summed E-state index contributed by atoms with van der Waals surface area (Å²) in [5.74, 6) is -3.75. The number of rotatable bonds is 6. The largest absolute Gasteiger partial charge is 0.422 e. The minimum atomic E-state index is -2.03. The zero-order valence-corrected chi connectivity index (χ0v) is 21.0. The normalized spacial score (nSPS) is 24.1. The molecule has 12 nitrogen and oxygen atoms in total. The lowest BCUT2D eigenvalue weighted by Gasteiger charge is -2.47. The van der Waals surface area contributed by atoms with Crippen molar-refractivity contribution in [3.05, 3.63) is 24.3 Å². The monoisotopic (exact) mass is 529 g/mol. The van der Waals surface area contributed by atoms with E-state index in [4.69, 9.17) is 14.2 Å². The van der Waals surface area contributed by atoms with E-state index in [0.29, 0.717) is 13.0 Å². The molecule has 0 bridgehead atoms. The van der Waals surface area contributed by atoms with Gasteiger partial charge in [-0.15, -0.1) is 0 Å². The third-order valence-electron chi connectivity index (χ3n) is 7.34. The summed E-state index contributed by atoms with van der Waals surface area (Å²) in [5, 5.41) is 1.20. The zero-order valence-electron chi connectivity index (χ0n) is 20.2. The number of hydrogen-bond acceptors (Lipinski definition) is 11. The predicted molar refractivity (Wildman–Crippen MR) is 131 cm³/mol. The molecule has 37 heavy (non-hydrogen) atoms. The van der Waals surface area contributed by atoms with Crippen molar-refractivity contribution in [3.8, 4) is 0 Å². The maximum atomic E-state index is 13.1. The first-order chi connectivity index (χ1) is 17.9. The molecule has 13 heteroatoms. The van der Waals surface area contributed by atoms with E-state index in [1.54, 1.807) is 0 Å². The number of aromatic nitrogens is 1. The molecule has 0 N–H and O–H groups in total. The summed E-state index contributed by atoms with van der Waals surface area (Å²) < 4.78 is 21.3. The number of esters is 2. The first kappa shape index (κ1) is 24.1. The van der Waals surface area contributed by atoms with Crippen LogP contribution in [-0.4, -0.2) is 107 Å². The molecule has 0 radical (unpaired) electrons. The van der Waals surface area contributed by atoms with Crippen LogP contribution in [0, 0.1) is 0 Å². The van der Waals surface area contributed by atoms with Gasteiger partial charge in [-0.2, -0.15) is 4.37 Å². The summed E-state index contributed by atoms with van der Waals surface area (Å²) in [6, 6.07) is 6.83. The number of benzene rings is 1. The number of morpholine rings is 1. The average molecular weight is 530 g/mol. The summed E-state index contributed by atoms with van der Waals surface area (Å²) in [4.78, 5) is 56.5. The van der Waals surface area contributed by atoms with Crippen molar-refractivity contribution < 1.29 is 33.4 Å². The van der Waals surface area contributed by atoms with Crippen molar-refractivity contribution in [1.29, 1.82) is 0 Å². The third kappa shape index (κ3) is 4.30. The van der Waals surface area contributed by atoms with E-state index in [1.807, 2.05) is 12.1 Å². The second kappa shape index (κ2) is 9.54. The Hall–Kier alpha value is -3.29. The van der Waals surface area contributed by atoms with Gasteiger partial charge in [0.25, 0.3) is 0 Å². The lowest BCUT2D eigenvalue weighted by Crippen LogP contribution is -2.68. The summed E-state index contributed by atoms with van der Waals surface area (Å²) in [7, 11) is 0. The number of fused-ring (bicyclic) bond motifs is 3. The second-order valence-electron chi connectivity index (χ2n) is 9.51. The van der Waals surface area contributed by atoms with Crippen molar-refractivity contribution in [3.63, 3.8) is 0 Å². The molecule has 1 aromatic heterocycles. The van der Waals surface area contributed by atoms with Gasteiger partial charge >= 0.3 is 23.9 Å². The van der Waals surface area contributed by atoms with Crippen LogP contribution in [0.3, 0.4) is 0 Å². The van der Waals surface area contributed by atoms with Gasteiger partial charge in [-0.05, 0) is 43.1 Å². The van der Waals surface area contributed by atoms with Gasteiger partial charge in [0.2, 0.25) is 5.91 Å². The van der Waals surface area contributed by atoms with Gasteiger partial charge in [0, 0.05) is 44.7 Å². The maximum absolute atomic E-state index is 13.1. The Kier molecular flexibility index (Phi) is 6.21. The lowest BCUT2D eigenvalue weighted by atomic mass is 10.0. The predicted octanol–water partition coefficient (Wildman–Crippen LogP) is 1.01. The number of piperazine rings is 1. The Morgan fingerprint density at radius 3 is 2.46 bits per heavy atom. The Morgan fingerprint density at radius 2 is 1.68 bits per heavy atom. The van der Waals surface area contributed by atoms with Crippen LogP contribution in [0.2, 0.25) is 0 Å². The van der Waals surface area contributed by atoms with Crippen LogP contribution in [0.25, 0.3) is 10.1 Å². The summed E-state index contributed by atoms with van der Waals surface area (Å²) >= 11 is 1.53. The number of carbonyl (C=O) groups is 4. The first-order valence-corrected chi connectivity index (χ1v) is 13.3. The van der Waals surface area contributed by atoms with Crippen LogP contribution >= 0.6 is 11.5 Å². The number of hydrogen-bond donors (Lipinski definition) is 0. The minimum absolute atomic E-state index is 0.0213. The highest BCUT2D eigenvalue weighted by Gasteiger charge is 2.63. The second-order valence-corrected chi connectivity index (χ2v) is 10.3. The van der Waals surface area contributed by atoms with E-state index in [2.05, 4.69) is 26.3 Å².